The van der Waals surface area contributed by atoms with Gasteiger partial charge in [0.05, 0.1) is 18.6 Å². The van der Waals surface area contributed by atoms with Gasteiger partial charge < -0.3 is 16.3 Å². The average Bonchev–Trinajstić information content (AvgIpc) is 4.16. The third kappa shape index (κ3) is 7.12. The molecule has 2 fully saturated rings. The SMILES string of the molecule is C.CN1C(N)=N[C@](C)(c2cc(/C=C(\F)c3cnc(Cl)cn3)ccc2F)C2(CC2)S1(=O)=O.[C-]#[N+]c1cnc(/C(F)=C/c2ccc(F)c([C@@]3(C)N=C(N)N(C)S(=O)(=O)C34CC4)c2)cn1. The zero-order chi connectivity index (χ0) is 44.5. The molecule has 4 aliphatic rings. The van der Waals surface area contributed by atoms with E-state index in [1.165, 1.54) is 57.7 Å². The van der Waals surface area contributed by atoms with Crippen molar-refractivity contribution in [3.63, 3.8) is 0 Å². The molecule has 2 spiro atoms. The molecule has 15 nitrogen and oxygen atoms in total. The first-order chi connectivity index (χ1) is 28.6. The summed E-state index contributed by atoms with van der Waals surface area (Å²) in [4.78, 5) is 27.1. The Hall–Kier alpha value is -5.98. The molecule has 2 aliphatic carbocycles. The number of guanidine groups is 2. The number of sulfonamides is 2. The van der Waals surface area contributed by atoms with E-state index in [1.54, 1.807) is 6.92 Å². The van der Waals surface area contributed by atoms with E-state index < -0.39 is 63.9 Å². The summed E-state index contributed by atoms with van der Waals surface area (Å²) in [5, 5.41) is 0.122. The Balaban J connectivity index is 0.000000204. The normalized spacial score (nSPS) is 23.9. The molecule has 0 radical (unpaired) electrons. The van der Waals surface area contributed by atoms with Gasteiger partial charge in [0.25, 0.3) is 5.82 Å². The lowest BCUT2D eigenvalue weighted by Gasteiger charge is -2.42. The van der Waals surface area contributed by atoms with Crippen LogP contribution in [0.25, 0.3) is 28.7 Å². The Bertz CT molecular complexity index is 2870. The predicted molar refractivity (Wildman–Crippen MR) is 228 cm³/mol. The first-order valence-corrected chi connectivity index (χ1v) is 21.5. The maximum absolute atomic E-state index is 14.9. The first-order valence-electron chi connectivity index (χ1n) is 18.3. The van der Waals surface area contributed by atoms with Gasteiger partial charge in [-0.2, -0.15) is 0 Å². The lowest BCUT2D eigenvalue weighted by Crippen LogP contribution is -2.58. The van der Waals surface area contributed by atoms with Crippen LogP contribution in [0.4, 0.5) is 23.4 Å². The number of hydrogen-bond acceptors (Lipinski definition) is 12. The maximum Gasteiger partial charge on any atom is 0.287 e. The van der Waals surface area contributed by atoms with Crippen LogP contribution < -0.4 is 11.5 Å². The molecule has 22 heteroatoms. The highest BCUT2D eigenvalue weighted by Gasteiger charge is 2.72. The van der Waals surface area contributed by atoms with Gasteiger partial charge in [-0.25, -0.2) is 63.0 Å². The third-order valence-electron chi connectivity index (χ3n) is 11.7. The van der Waals surface area contributed by atoms with Gasteiger partial charge in [0.15, 0.2) is 11.7 Å². The zero-order valence-corrected chi connectivity index (χ0v) is 35.2. The summed E-state index contributed by atoms with van der Waals surface area (Å²) in [7, 11) is -5.06. The summed E-state index contributed by atoms with van der Waals surface area (Å²) in [5.41, 5.74) is 9.28. The first kappa shape index (κ1) is 45.5. The fourth-order valence-electron chi connectivity index (χ4n) is 7.79. The van der Waals surface area contributed by atoms with Crippen LogP contribution in [0.1, 0.15) is 80.6 Å². The number of rotatable bonds is 6. The molecule has 4 aromatic rings. The van der Waals surface area contributed by atoms with Crippen molar-refractivity contribution in [1.82, 2.24) is 28.5 Å². The van der Waals surface area contributed by atoms with E-state index in [-0.39, 0.29) is 58.4 Å². The number of nitrogens with two attached hydrogens (primary N) is 2. The summed E-state index contributed by atoms with van der Waals surface area (Å²) < 4.78 is 110. The second kappa shape index (κ2) is 15.7. The Morgan fingerprint density at radius 3 is 1.47 bits per heavy atom. The molecule has 2 aromatic heterocycles. The fraction of sp³-hybridized carbons (Fsp3) is 0.325. The van der Waals surface area contributed by atoms with Crippen LogP contribution in [-0.2, 0) is 31.1 Å². The molecule has 0 saturated heterocycles. The van der Waals surface area contributed by atoms with Crippen LogP contribution in [0.15, 0.2) is 71.2 Å². The van der Waals surface area contributed by atoms with Crippen LogP contribution in [0, 0.1) is 18.2 Å². The Morgan fingerprint density at radius 2 is 1.13 bits per heavy atom. The largest absolute Gasteiger partial charge is 0.369 e. The molecule has 62 heavy (non-hydrogen) atoms. The summed E-state index contributed by atoms with van der Waals surface area (Å²) in [6, 6.07) is 7.78. The lowest BCUT2D eigenvalue weighted by molar-refractivity contribution is 0.380. The van der Waals surface area contributed by atoms with Crippen LogP contribution in [0.5, 0.6) is 0 Å². The quantitative estimate of drug-likeness (QED) is 0.155. The van der Waals surface area contributed by atoms with Gasteiger partial charge in [-0.15, -0.1) is 4.98 Å². The average molecular weight is 914 g/mol. The molecule has 8 rings (SSSR count). The molecule has 326 valence electrons. The smallest absolute Gasteiger partial charge is 0.287 e. The Kier molecular flexibility index (Phi) is 11.6. The number of aliphatic imine (C=N–C) groups is 2. The number of nitrogens with zero attached hydrogens (tertiary/aromatic N) is 9. The molecule has 4 heterocycles. The van der Waals surface area contributed by atoms with Crippen molar-refractivity contribution in [2.75, 3.05) is 14.1 Å². The molecular weight excluding hydrogens is 874 g/mol. The van der Waals surface area contributed by atoms with Crippen molar-refractivity contribution in [2.24, 2.45) is 21.5 Å². The van der Waals surface area contributed by atoms with Crippen molar-refractivity contribution in [2.45, 2.75) is 67.5 Å². The zero-order valence-electron chi connectivity index (χ0n) is 32.8. The summed E-state index contributed by atoms with van der Waals surface area (Å²) >= 11 is 5.66. The van der Waals surface area contributed by atoms with E-state index in [1.807, 2.05) is 0 Å². The summed E-state index contributed by atoms with van der Waals surface area (Å²) in [5.74, 6) is -3.19. The third-order valence-corrected chi connectivity index (χ3v) is 17.3. The van der Waals surface area contributed by atoms with Crippen molar-refractivity contribution in [3.05, 3.63) is 123 Å². The van der Waals surface area contributed by atoms with Gasteiger partial charge in [0, 0.05) is 25.2 Å². The minimum Gasteiger partial charge on any atom is -0.369 e. The minimum absolute atomic E-state index is 0. The fourth-order valence-corrected chi connectivity index (χ4v) is 12.1. The van der Waals surface area contributed by atoms with Crippen molar-refractivity contribution in [3.8, 4) is 0 Å². The summed E-state index contributed by atoms with van der Waals surface area (Å²) in [6.45, 7) is 9.95. The molecule has 0 bridgehead atoms. The molecule has 0 amide bonds. The highest BCUT2D eigenvalue weighted by molar-refractivity contribution is 7.91. The molecular formula is C40H40ClF4N11O4S2. The Labute approximate surface area is 360 Å². The van der Waals surface area contributed by atoms with Gasteiger partial charge in [0.1, 0.15) is 54.9 Å². The number of hydrogen-bond donors (Lipinski definition) is 2. The van der Waals surface area contributed by atoms with E-state index >= 15 is 0 Å². The predicted octanol–water partition coefficient (Wildman–Crippen LogP) is 6.68. The van der Waals surface area contributed by atoms with Gasteiger partial charge >= 0.3 is 0 Å². The topological polar surface area (TPSA) is 207 Å². The van der Waals surface area contributed by atoms with Crippen molar-refractivity contribution in [1.29, 1.82) is 0 Å². The van der Waals surface area contributed by atoms with Crippen LogP contribution in [0.2, 0.25) is 5.15 Å². The number of aromatic nitrogens is 4. The van der Waals surface area contributed by atoms with Gasteiger partial charge in [-0.05, 0) is 87.1 Å². The highest BCUT2D eigenvalue weighted by atomic mass is 35.5. The van der Waals surface area contributed by atoms with E-state index in [0.29, 0.717) is 31.2 Å². The van der Waals surface area contributed by atoms with Gasteiger partial charge in [-0.1, -0.05) is 37.7 Å². The standard InChI is InChI=1S/C20H18F2N6O2S.C19H18ClF2N5O2S.CH4/c1-19(20(6-7-20)31(29,30)28(3)18(23)27-19)13-8-12(4-5-14(13)21)9-15(22)16-10-26-17(24-2)11-25-16;1-18(19(5-6-19)30(28,29)27(2)17(23)26-18)12-7-11(3-4-13(12)21)8-14(22)15-9-25-16(20)10-24-15;/h4-5,8-11H,6-7H2,1,3H3,(H2,23,27);3-4,7-10H,5-6H2,1-2H3,(H2,23,26);1H4/b15-9-;14-8-;/t19-;18-;/m11./s1. The molecule has 2 saturated carbocycles. The van der Waals surface area contributed by atoms with Crippen LogP contribution in [-0.4, -0.2) is 80.9 Å². The van der Waals surface area contributed by atoms with Crippen molar-refractivity contribution >= 4 is 73.2 Å². The molecule has 2 atom stereocenters. The van der Waals surface area contributed by atoms with Crippen LogP contribution in [0.3, 0.4) is 0 Å². The second-order valence-corrected chi connectivity index (χ2v) is 20.0. The van der Waals surface area contributed by atoms with Crippen molar-refractivity contribution < 1.29 is 34.4 Å². The van der Waals surface area contributed by atoms with Gasteiger partial charge in [0.2, 0.25) is 32.0 Å². The Morgan fingerprint density at radius 1 is 0.726 bits per heavy atom. The molecule has 0 unspecified atom stereocenters. The summed E-state index contributed by atoms with van der Waals surface area (Å²) in [6.07, 6.45) is 8.19. The van der Waals surface area contributed by atoms with E-state index in [4.69, 9.17) is 29.6 Å². The van der Waals surface area contributed by atoms with E-state index in [2.05, 4.69) is 34.8 Å². The monoisotopic (exact) mass is 913 g/mol. The second-order valence-electron chi connectivity index (χ2n) is 15.1. The maximum atomic E-state index is 14.9. The highest BCUT2D eigenvalue weighted by Crippen LogP contribution is 2.62. The van der Waals surface area contributed by atoms with E-state index in [9.17, 15) is 34.4 Å². The minimum atomic E-state index is -3.86. The number of halogens is 5. The van der Waals surface area contributed by atoms with E-state index in [0.717, 1.165) is 45.3 Å². The van der Waals surface area contributed by atoms with Crippen LogP contribution >= 0.6 is 11.6 Å². The molecule has 2 aromatic carbocycles. The number of benzene rings is 2. The van der Waals surface area contributed by atoms with Gasteiger partial charge in [-0.3, -0.25) is 4.98 Å². The lowest BCUT2D eigenvalue weighted by atomic mass is 9.85. The molecule has 2 aliphatic heterocycles. The molecule has 4 N–H and O–H groups in total.